The maximum absolute atomic E-state index is 5.31. The van der Waals surface area contributed by atoms with E-state index in [1.165, 1.54) is 25.7 Å². The van der Waals surface area contributed by atoms with Crippen LogP contribution in [0.5, 0.6) is 0 Å². The highest BCUT2D eigenvalue weighted by atomic mass is 16.5. The minimum atomic E-state index is 0.531. The van der Waals surface area contributed by atoms with E-state index in [-0.39, 0.29) is 0 Å². The standard InChI is InChI=1S/C14H29N3O/c1-4-14(8-6-9-14)12-17-13(15-3)16-10-7-11-18-5-2/h4-12H2,1-3H3,(H2,15,16,17). The summed E-state index contributed by atoms with van der Waals surface area (Å²) in [7, 11) is 1.83. The zero-order valence-electron chi connectivity index (χ0n) is 12.2. The predicted octanol–water partition coefficient (Wildman–Crippen LogP) is 2.16. The number of nitrogens with one attached hydrogen (secondary N) is 2. The van der Waals surface area contributed by atoms with E-state index < -0.39 is 0 Å². The number of nitrogens with zero attached hydrogens (tertiary/aromatic N) is 1. The molecule has 0 saturated heterocycles. The lowest BCUT2D eigenvalue weighted by Crippen LogP contribution is -2.46. The van der Waals surface area contributed by atoms with Gasteiger partial charge in [0.15, 0.2) is 5.96 Å². The molecule has 106 valence electrons. The van der Waals surface area contributed by atoms with Gasteiger partial charge in [-0.25, -0.2) is 0 Å². The lowest BCUT2D eigenvalue weighted by Gasteiger charge is -2.41. The second kappa shape index (κ2) is 8.35. The van der Waals surface area contributed by atoms with Crippen molar-refractivity contribution in [2.24, 2.45) is 10.4 Å². The molecule has 18 heavy (non-hydrogen) atoms. The Bertz CT molecular complexity index is 244. The zero-order valence-corrected chi connectivity index (χ0v) is 12.2. The molecule has 0 aliphatic heterocycles. The number of hydrogen-bond acceptors (Lipinski definition) is 2. The van der Waals surface area contributed by atoms with Crippen molar-refractivity contribution in [3.63, 3.8) is 0 Å². The lowest BCUT2D eigenvalue weighted by atomic mass is 9.67. The number of ether oxygens (including phenoxy) is 1. The van der Waals surface area contributed by atoms with Crippen LogP contribution in [0.1, 0.15) is 46.0 Å². The van der Waals surface area contributed by atoms with Crippen molar-refractivity contribution < 1.29 is 4.74 Å². The highest BCUT2D eigenvalue weighted by Gasteiger charge is 2.34. The van der Waals surface area contributed by atoms with E-state index in [1.807, 2.05) is 14.0 Å². The van der Waals surface area contributed by atoms with Crippen molar-refractivity contribution in [2.45, 2.75) is 46.0 Å². The van der Waals surface area contributed by atoms with Crippen LogP contribution < -0.4 is 10.6 Å². The fraction of sp³-hybridized carbons (Fsp3) is 0.929. The summed E-state index contributed by atoms with van der Waals surface area (Å²) in [6.45, 7) is 7.90. The number of guanidine groups is 1. The fourth-order valence-electron chi connectivity index (χ4n) is 2.35. The van der Waals surface area contributed by atoms with Gasteiger partial charge in [-0.2, -0.15) is 0 Å². The topological polar surface area (TPSA) is 45.6 Å². The van der Waals surface area contributed by atoms with Gasteiger partial charge < -0.3 is 15.4 Å². The van der Waals surface area contributed by atoms with Crippen molar-refractivity contribution in [3.8, 4) is 0 Å². The first-order valence-corrected chi connectivity index (χ1v) is 7.28. The molecule has 4 nitrogen and oxygen atoms in total. The van der Waals surface area contributed by atoms with E-state index in [2.05, 4.69) is 22.5 Å². The van der Waals surface area contributed by atoms with Crippen LogP contribution in [-0.4, -0.2) is 39.3 Å². The molecule has 0 heterocycles. The van der Waals surface area contributed by atoms with Gasteiger partial charge in [-0.3, -0.25) is 4.99 Å². The van der Waals surface area contributed by atoms with Crippen LogP contribution in [-0.2, 0) is 4.74 Å². The van der Waals surface area contributed by atoms with Crippen LogP contribution in [0.3, 0.4) is 0 Å². The van der Waals surface area contributed by atoms with Gasteiger partial charge in [0.1, 0.15) is 0 Å². The quantitative estimate of drug-likeness (QED) is 0.397. The molecule has 1 aliphatic carbocycles. The molecule has 2 N–H and O–H groups in total. The van der Waals surface area contributed by atoms with Crippen molar-refractivity contribution in [3.05, 3.63) is 0 Å². The minimum Gasteiger partial charge on any atom is -0.382 e. The van der Waals surface area contributed by atoms with Gasteiger partial charge in [-0.1, -0.05) is 13.3 Å². The first-order chi connectivity index (χ1) is 8.76. The largest absolute Gasteiger partial charge is 0.382 e. The molecule has 0 aromatic heterocycles. The summed E-state index contributed by atoms with van der Waals surface area (Å²) < 4.78 is 5.31. The van der Waals surface area contributed by atoms with Gasteiger partial charge in [0.05, 0.1) is 0 Å². The van der Waals surface area contributed by atoms with Gasteiger partial charge in [0.25, 0.3) is 0 Å². The third kappa shape index (κ3) is 4.84. The van der Waals surface area contributed by atoms with Crippen molar-refractivity contribution in [2.75, 3.05) is 33.4 Å². The molecule has 0 atom stereocenters. The molecule has 1 aliphatic rings. The Labute approximate surface area is 112 Å². The summed E-state index contributed by atoms with van der Waals surface area (Å²) in [6.07, 6.45) is 6.39. The average molecular weight is 255 g/mol. The third-order valence-corrected chi connectivity index (χ3v) is 3.98. The molecule has 0 aromatic rings. The molecule has 1 fully saturated rings. The van der Waals surface area contributed by atoms with Gasteiger partial charge >= 0.3 is 0 Å². The molecule has 0 radical (unpaired) electrons. The maximum atomic E-state index is 5.31. The van der Waals surface area contributed by atoms with Crippen LogP contribution in [0.25, 0.3) is 0 Å². The van der Waals surface area contributed by atoms with Crippen molar-refractivity contribution >= 4 is 5.96 Å². The second-order valence-electron chi connectivity index (χ2n) is 5.11. The highest BCUT2D eigenvalue weighted by molar-refractivity contribution is 5.79. The molecule has 0 spiro atoms. The van der Waals surface area contributed by atoms with Gasteiger partial charge in [0.2, 0.25) is 0 Å². The Hall–Kier alpha value is -0.770. The monoisotopic (exact) mass is 255 g/mol. The van der Waals surface area contributed by atoms with E-state index in [0.717, 1.165) is 38.7 Å². The van der Waals surface area contributed by atoms with Crippen LogP contribution in [0.15, 0.2) is 4.99 Å². The van der Waals surface area contributed by atoms with Crippen molar-refractivity contribution in [1.29, 1.82) is 0 Å². The molecule has 1 rings (SSSR count). The van der Waals surface area contributed by atoms with E-state index in [0.29, 0.717) is 5.41 Å². The SMILES string of the molecule is CCOCCCNC(=NC)NCC1(CC)CCC1. The normalized spacial score (nSPS) is 18.3. The molecule has 1 saturated carbocycles. The summed E-state index contributed by atoms with van der Waals surface area (Å²) >= 11 is 0. The third-order valence-electron chi connectivity index (χ3n) is 3.98. The second-order valence-corrected chi connectivity index (χ2v) is 5.11. The smallest absolute Gasteiger partial charge is 0.190 e. The van der Waals surface area contributed by atoms with Crippen LogP contribution >= 0.6 is 0 Å². The summed E-state index contributed by atoms with van der Waals surface area (Å²) in [4.78, 5) is 4.26. The first kappa shape index (κ1) is 15.3. The van der Waals surface area contributed by atoms with Crippen LogP contribution in [0, 0.1) is 5.41 Å². The van der Waals surface area contributed by atoms with E-state index in [4.69, 9.17) is 4.74 Å². The first-order valence-electron chi connectivity index (χ1n) is 7.28. The summed E-state index contributed by atoms with van der Waals surface area (Å²) in [6, 6.07) is 0. The fourth-order valence-corrected chi connectivity index (χ4v) is 2.35. The minimum absolute atomic E-state index is 0.531. The summed E-state index contributed by atoms with van der Waals surface area (Å²) in [5, 5.41) is 6.78. The lowest BCUT2D eigenvalue weighted by molar-refractivity contribution is 0.131. The molecule has 4 heteroatoms. The number of rotatable bonds is 8. The summed E-state index contributed by atoms with van der Waals surface area (Å²) in [5.74, 6) is 0.922. The van der Waals surface area contributed by atoms with E-state index in [9.17, 15) is 0 Å². The average Bonchev–Trinajstić information content (AvgIpc) is 2.35. The Morgan fingerprint density at radius 2 is 2.06 bits per heavy atom. The summed E-state index contributed by atoms with van der Waals surface area (Å²) in [5.41, 5.74) is 0.531. The molecule has 0 amide bonds. The molecular formula is C14H29N3O. The Morgan fingerprint density at radius 3 is 2.56 bits per heavy atom. The molecule has 0 bridgehead atoms. The van der Waals surface area contributed by atoms with Gasteiger partial charge in [0, 0.05) is 33.4 Å². The van der Waals surface area contributed by atoms with Gasteiger partial charge in [-0.05, 0) is 38.0 Å². The van der Waals surface area contributed by atoms with E-state index >= 15 is 0 Å². The molecular weight excluding hydrogens is 226 g/mol. The zero-order chi connectivity index (χ0) is 13.3. The molecule has 0 aromatic carbocycles. The van der Waals surface area contributed by atoms with Gasteiger partial charge in [-0.15, -0.1) is 0 Å². The van der Waals surface area contributed by atoms with E-state index in [1.54, 1.807) is 0 Å². The number of hydrogen-bond donors (Lipinski definition) is 2. The Balaban J connectivity index is 2.14. The number of aliphatic imine (C=N–C) groups is 1. The predicted molar refractivity (Wildman–Crippen MR) is 77.0 cm³/mol. The Kier molecular flexibility index (Phi) is 7.09. The van der Waals surface area contributed by atoms with Crippen LogP contribution in [0.4, 0.5) is 0 Å². The van der Waals surface area contributed by atoms with Crippen LogP contribution in [0.2, 0.25) is 0 Å². The maximum Gasteiger partial charge on any atom is 0.190 e. The Morgan fingerprint density at radius 1 is 1.28 bits per heavy atom. The highest BCUT2D eigenvalue weighted by Crippen LogP contribution is 2.42. The molecule has 0 unspecified atom stereocenters. The van der Waals surface area contributed by atoms with Crippen molar-refractivity contribution in [1.82, 2.24) is 10.6 Å².